The van der Waals surface area contributed by atoms with Crippen LogP contribution >= 0.6 is 0 Å². The molecule has 1 aliphatic heterocycles. The molecule has 0 N–H and O–H groups in total. The van der Waals surface area contributed by atoms with Crippen LogP contribution in [0.15, 0.2) is 42.5 Å². The minimum Gasteiger partial charge on any atom is -0.450 e. The van der Waals surface area contributed by atoms with Crippen molar-refractivity contribution >= 4 is 5.97 Å². The van der Waals surface area contributed by atoms with Gasteiger partial charge in [-0.25, -0.2) is 4.79 Å². The molecule has 0 fully saturated rings. The number of cyclic esters (lactones) is 1. The van der Waals surface area contributed by atoms with Gasteiger partial charge in [-0.15, -0.1) is 0 Å². The first-order valence-electron chi connectivity index (χ1n) is 3.80. The fourth-order valence-electron chi connectivity index (χ4n) is 1.19. The van der Waals surface area contributed by atoms with E-state index in [0.717, 1.165) is 5.56 Å². The largest absolute Gasteiger partial charge is 0.450 e. The molecular weight excluding hydrogens is 152 g/mol. The maximum Gasteiger partial charge on any atom is 0.331 e. The molecule has 2 rings (SSSR count). The monoisotopic (exact) mass is 160 g/mol. The highest BCUT2D eigenvalue weighted by Gasteiger charge is 2.17. The first kappa shape index (κ1) is 7.10. The SMILES string of the molecule is O=C1C=C[C@H](c2ccccc2)O1. The van der Waals surface area contributed by atoms with Gasteiger partial charge in [-0.05, 0) is 11.6 Å². The van der Waals surface area contributed by atoms with E-state index in [0.29, 0.717) is 0 Å². The number of benzene rings is 1. The van der Waals surface area contributed by atoms with Crippen molar-refractivity contribution in [3.05, 3.63) is 48.0 Å². The molecule has 2 heteroatoms. The molecule has 0 unspecified atom stereocenters. The van der Waals surface area contributed by atoms with E-state index in [-0.39, 0.29) is 12.1 Å². The Kier molecular flexibility index (Phi) is 1.67. The van der Waals surface area contributed by atoms with E-state index >= 15 is 0 Å². The Labute approximate surface area is 70.5 Å². The van der Waals surface area contributed by atoms with E-state index in [1.165, 1.54) is 6.08 Å². The highest BCUT2D eigenvalue weighted by atomic mass is 16.5. The third kappa shape index (κ3) is 1.23. The molecule has 1 aromatic carbocycles. The second kappa shape index (κ2) is 2.81. The second-order valence-corrected chi connectivity index (χ2v) is 2.63. The molecule has 0 saturated heterocycles. The zero-order valence-corrected chi connectivity index (χ0v) is 6.44. The van der Waals surface area contributed by atoms with Gasteiger partial charge in [0, 0.05) is 6.08 Å². The summed E-state index contributed by atoms with van der Waals surface area (Å²) in [5.74, 6) is -0.260. The lowest BCUT2D eigenvalue weighted by molar-refractivity contribution is -0.138. The molecular formula is C10H8O2. The molecule has 1 atom stereocenters. The zero-order valence-electron chi connectivity index (χ0n) is 6.44. The van der Waals surface area contributed by atoms with E-state index < -0.39 is 0 Å². The van der Waals surface area contributed by atoms with Crippen molar-refractivity contribution in [3.8, 4) is 0 Å². The Morgan fingerprint density at radius 1 is 1.17 bits per heavy atom. The van der Waals surface area contributed by atoms with Gasteiger partial charge in [-0.2, -0.15) is 0 Å². The van der Waals surface area contributed by atoms with Crippen LogP contribution in [0.5, 0.6) is 0 Å². The molecule has 0 bridgehead atoms. The van der Waals surface area contributed by atoms with Crippen LogP contribution in [-0.2, 0) is 9.53 Å². The number of carbonyl (C=O) groups excluding carboxylic acids is 1. The average molecular weight is 160 g/mol. The number of esters is 1. The fourth-order valence-corrected chi connectivity index (χ4v) is 1.19. The van der Waals surface area contributed by atoms with E-state index in [4.69, 9.17) is 4.74 Å². The molecule has 1 aromatic rings. The minimum absolute atomic E-state index is 0.182. The summed E-state index contributed by atoms with van der Waals surface area (Å²) in [5, 5.41) is 0. The first-order valence-corrected chi connectivity index (χ1v) is 3.80. The highest BCUT2D eigenvalue weighted by molar-refractivity contribution is 5.84. The normalized spacial score (nSPS) is 21.0. The lowest BCUT2D eigenvalue weighted by Gasteiger charge is -2.07. The van der Waals surface area contributed by atoms with Crippen LogP contribution in [0.25, 0.3) is 0 Å². The van der Waals surface area contributed by atoms with Crippen LogP contribution in [-0.4, -0.2) is 5.97 Å². The highest BCUT2D eigenvalue weighted by Crippen LogP contribution is 2.22. The molecule has 1 aliphatic rings. The molecule has 12 heavy (non-hydrogen) atoms. The van der Waals surface area contributed by atoms with Gasteiger partial charge >= 0.3 is 5.97 Å². The summed E-state index contributed by atoms with van der Waals surface area (Å²) in [6.45, 7) is 0. The van der Waals surface area contributed by atoms with Crippen molar-refractivity contribution in [1.82, 2.24) is 0 Å². The van der Waals surface area contributed by atoms with Crippen LogP contribution in [0, 0.1) is 0 Å². The van der Waals surface area contributed by atoms with E-state index in [1.807, 2.05) is 30.3 Å². The van der Waals surface area contributed by atoms with Crippen LogP contribution in [0.4, 0.5) is 0 Å². The molecule has 0 radical (unpaired) electrons. The molecule has 0 spiro atoms. The molecule has 1 heterocycles. The minimum atomic E-state index is -0.260. The van der Waals surface area contributed by atoms with Crippen molar-refractivity contribution in [2.24, 2.45) is 0 Å². The molecule has 60 valence electrons. The van der Waals surface area contributed by atoms with Crippen LogP contribution in [0.1, 0.15) is 11.7 Å². The van der Waals surface area contributed by atoms with Crippen molar-refractivity contribution < 1.29 is 9.53 Å². The number of rotatable bonds is 1. The quantitative estimate of drug-likeness (QED) is 0.586. The number of hydrogen-bond acceptors (Lipinski definition) is 2. The summed E-state index contributed by atoms with van der Waals surface area (Å²) in [7, 11) is 0. The molecule has 0 saturated carbocycles. The molecule has 0 aromatic heterocycles. The predicted molar refractivity (Wildman–Crippen MR) is 44.4 cm³/mol. The third-order valence-corrected chi connectivity index (χ3v) is 1.78. The summed E-state index contributed by atoms with van der Waals surface area (Å²) in [6.07, 6.45) is 3.04. The van der Waals surface area contributed by atoms with Gasteiger partial charge in [0.05, 0.1) is 0 Å². The fraction of sp³-hybridized carbons (Fsp3) is 0.100. The van der Waals surface area contributed by atoms with Gasteiger partial charge in [-0.3, -0.25) is 0 Å². The van der Waals surface area contributed by atoms with Gasteiger partial charge in [0.25, 0.3) is 0 Å². The van der Waals surface area contributed by atoms with Crippen molar-refractivity contribution in [2.75, 3.05) is 0 Å². The van der Waals surface area contributed by atoms with Crippen molar-refractivity contribution in [1.29, 1.82) is 0 Å². The topological polar surface area (TPSA) is 26.3 Å². The molecule has 0 aliphatic carbocycles. The standard InChI is InChI=1S/C10H8O2/c11-10-7-6-9(12-10)8-4-2-1-3-5-8/h1-7,9H/t9-/m1/s1. The van der Waals surface area contributed by atoms with Gasteiger partial charge < -0.3 is 4.74 Å². The Hall–Kier alpha value is -1.57. The molecule has 2 nitrogen and oxygen atoms in total. The van der Waals surface area contributed by atoms with Crippen LogP contribution in [0.3, 0.4) is 0 Å². The van der Waals surface area contributed by atoms with Crippen LogP contribution < -0.4 is 0 Å². The van der Waals surface area contributed by atoms with Crippen LogP contribution in [0.2, 0.25) is 0 Å². The Bertz CT molecular complexity index is 314. The van der Waals surface area contributed by atoms with Gasteiger partial charge in [-0.1, -0.05) is 30.3 Å². The summed E-state index contributed by atoms with van der Waals surface area (Å²) in [6, 6.07) is 9.66. The van der Waals surface area contributed by atoms with E-state index in [1.54, 1.807) is 6.08 Å². The molecule has 0 amide bonds. The summed E-state index contributed by atoms with van der Waals surface area (Å²) in [4.78, 5) is 10.7. The lowest BCUT2D eigenvalue weighted by atomic mass is 10.1. The summed E-state index contributed by atoms with van der Waals surface area (Å²) < 4.78 is 5.00. The third-order valence-electron chi connectivity index (χ3n) is 1.78. The smallest absolute Gasteiger partial charge is 0.331 e. The summed E-state index contributed by atoms with van der Waals surface area (Å²) in [5.41, 5.74) is 1.01. The van der Waals surface area contributed by atoms with Gasteiger partial charge in [0.2, 0.25) is 0 Å². The maximum absolute atomic E-state index is 10.7. The Morgan fingerprint density at radius 2 is 1.92 bits per heavy atom. The summed E-state index contributed by atoms with van der Waals surface area (Å²) >= 11 is 0. The van der Waals surface area contributed by atoms with Crippen molar-refractivity contribution in [2.45, 2.75) is 6.10 Å². The number of hydrogen-bond donors (Lipinski definition) is 0. The van der Waals surface area contributed by atoms with Crippen molar-refractivity contribution in [3.63, 3.8) is 0 Å². The lowest BCUT2D eigenvalue weighted by Crippen LogP contribution is -1.98. The van der Waals surface area contributed by atoms with E-state index in [2.05, 4.69) is 0 Å². The van der Waals surface area contributed by atoms with Gasteiger partial charge in [0.1, 0.15) is 6.10 Å². The first-order chi connectivity index (χ1) is 5.86. The average Bonchev–Trinajstić information content (AvgIpc) is 2.54. The number of ether oxygens (including phenoxy) is 1. The zero-order chi connectivity index (χ0) is 8.39. The van der Waals surface area contributed by atoms with Gasteiger partial charge in [0.15, 0.2) is 0 Å². The maximum atomic E-state index is 10.7. The predicted octanol–water partition coefficient (Wildman–Crippen LogP) is 1.84. The second-order valence-electron chi connectivity index (χ2n) is 2.63. The Morgan fingerprint density at radius 3 is 2.50 bits per heavy atom. The Balaban J connectivity index is 2.23. The van der Waals surface area contributed by atoms with E-state index in [9.17, 15) is 4.79 Å². The number of carbonyl (C=O) groups is 1.